The minimum absolute atomic E-state index is 0.0217. The van der Waals surface area contributed by atoms with Crippen LogP contribution in [-0.2, 0) is 26.3 Å². The number of carboxylic acids is 1. The number of aromatic amines is 1. The fourth-order valence-electron chi connectivity index (χ4n) is 8.05. The monoisotopic (exact) mass is 602 g/mol. The Bertz CT molecular complexity index is 1270. The molecule has 0 unspecified atom stereocenters. The number of aromatic nitrogens is 1. The molecule has 7 nitrogen and oxygen atoms in total. The SMILES string of the molecule is Cc1ccc2c([nH+]1)COCC[C@]21C[NH2+]C[C@H]1C(=O)N1CC[C@@H](c2ccccc2)C[C@H]1C1CCCCC1.O=C([O-])C(F)(F)F. The van der Waals surface area contributed by atoms with Gasteiger partial charge in [-0.3, -0.25) is 4.79 Å². The number of nitrogens with one attached hydrogen (secondary N) is 1. The molecule has 4 heterocycles. The number of ether oxygens (including phenoxy) is 1. The molecule has 10 heteroatoms. The van der Waals surface area contributed by atoms with Gasteiger partial charge >= 0.3 is 6.18 Å². The number of fused-ring (bicyclic) bond motifs is 2. The quantitative estimate of drug-likeness (QED) is 0.584. The number of carboxylic acid groups (broad SMARTS) is 1. The topological polar surface area (TPSA) is 100 Å². The molecule has 43 heavy (non-hydrogen) atoms. The minimum atomic E-state index is -5.19. The molecule has 2 aromatic rings. The Labute approximate surface area is 251 Å². The van der Waals surface area contributed by atoms with Crippen molar-refractivity contribution in [1.82, 2.24) is 4.90 Å². The van der Waals surface area contributed by atoms with Gasteiger partial charge in [-0.05, 0) is 55.6 Å². The molecule has 1 spiro atoms. The Kier molecular flexibility index (Phi) is 9.76. The summed E-state index contributed by atoms with van der Waals surface area (Å²) in [6.07, 6.45) is 4.49. The molecule has 3 aliphatic heterocycles. The summed E-state index contributed by atoms with van der Waals surface area (Å²) in [6.45, 7) is 6.21. The van der Waals surface area contributed by atoms with E-state index in [0.717, 1.165) is 51.2 Å². The number of nitrogens with two attached hydrogens (primary N) is 1. The van der Waals surface area contributed by atoms with E-state index in [-0.39, 0.29) is 11.3 Å². The molecule has 0 radical (unpaired) electrons. The lowest BCUT2D eigenvalue weighted by molar-refractivity contribution is -0.640. The van der Waals surface area contributed by atoms with Gasteiger partial charge in [-0.2, -0.15) is 13.2 Å². The third-order valence-corrected chi connectivity index (χ3v) is 10.1. The number of hydrogen-bond acceptors (Lipinski definition) is 4. The van der Waals surface area contributed by atoms with Crippen molar-refractivity contribution in [2.24, 2.45) is 11.8 Å². The van der Waals surface area contributed by atoms with E-state index < -0.39 is 12.1 Å². The normalized spacial score (nSPS) is 28.0. The molecule has 2 saturated heterocycles. The van der Waals surface area contributed by atoms with Crippen molar-refractivity contribution in [3.8, 4) is 0 Å². The van der Waals surface area contributed by atoms with Crippen LogP contribution in [0.25, 0.3) is 0 Å². The highest BCUT2D eigenvalue weighted by molar-refractivity contribution is 5.82. The average Bonchev–Trinajstić information content (AvgIpc) is 3.35. The van der Waals surface area contributed by atoms with Crippen LogP contribution in [0.15, 0.2) is 42.5 Å². The first-order valence-electron chi connectivity index (χ1n) is 15.7. The Morgan fingerprint density at radius 1 is 1.07 bits per heavy atom. The second kappa shape index (κ2) is 13.3. The van der Waals surface area contributed by atoms with Gasteiger partial charge < -0.3 is 24.9 Å². The molecule has 4 aliphatic rings. The fraction of sp³-hybridized carbons (Fsp3) is 0.606. The molecule has 6 rings (SSSR count). The molecule has 3 N–H and O–H groups in total. The average molecular weight is 603 g/mol. The predicted octanol–water partition coefficient (Wildman–Crippen LogP) is 2.81. The van der Waals surface area contributed by atoms with Crippen LogP contribution < -0.4 is 15.4 Å². The van der Waals surface area contributed by atoms with Gasteiger partial charge in [0.1, 0.15) is 18.5 Å². The maximum absolute atomic E-state index is 14.6. The van der Waals surface area contributed by atoms with Gasteiger partial charge in [-0.25, -0.2) is 4.98 Å². The number of carbonyl (C=O) groups excluding carboxylic acids is 2. The van der Waals surface area contributed by atoms with Crippen molar-refractivity contribution < 1.29 is 42.9 Å². The molecule has 1 saturated carbocycles. The Morgan fingerprint density at radius 2 is 1.79 bits per heavy atom. The molecule has 234 valence electrons. The zero-order valence-electron chi connectivity index (χ0n) is 24.8. The molecule has 4 atom stereocenters. The van der Waals surface area contributed by atoms with Gasteiger partial charge in [-0.15, -0.1) is 0 Å². The van der Waals surface area contributed by atoms with Crippen LogP contribution in [-0.4, -0.2) is 55.2 Å². The second-order valence-corrected chi connectivity index (χ2v) is 12.7. The Balaban J connectivity index is 0.000000472. The number of hydrogen-bond donors (Lipinski definition) is 1. The van der Waals surface area contributed by atoms with Gasteiger partial charge in [0.2, 0.25) is 11.6 Å². The van der Waals surface area contributed by atoms with Crippen LogP contribution in [0.5, 0.6) is 0 Å². The van der Waals surface area contributed by atoms with E-state index in [1.54, 1.807) is 0 Å². The van der Waals surface area contributed by atoms with Gasteiger partial charge in [0, 0.05) is 37.7 Å². The van der Waals surface area contributed by atoms with E-state index in [4.69, 9.17) is 14.6 Å². The fourth-order valence-corrected chi connectivity index (χ4v) is 8.05. The number of amides is 1. The number of nitrogens with zero attached hydrogens (tertiary/aromatic N) is 1. The number of rotatable bonds is 3. The Hall–Kier alpha value is -2.98. The number of alkyl halides is 3. The Morgan fingerprint density at radius 3 is 2.49 bits per heavy atom. The van der Waals surface area contributed by atoms with Gasteiger partial charge in [0.25, 0.3) is 0 Å². The van der Waals surface area contributed by atoms with E-state index in [2.05, 4.69) is 64.6 Å². The molecule has 1 aliphatic carbocycles. The number of halogens is 3. The summed E-state index contributed by atoms with van der Waals surface area (Å²) in [4.78, 5) is 29.4. The number of likely N-dealkylation sites (tertiary alicyclic amines) is 1. The number of aryl methyl sites for hydroxylation is 1. The second-order valence-electron chi connectivity index (χ2n) is 12.7. The van der Waals surface area contributed by atoms with E-state index in [1.807, 2.05) is 0 Å². The lowest BCUT2D eigenvalue weighted by Gasteiger charge is -2.46. The lowest BCUT2D eigenvalue weighted by Crippen LogP contribution is -2.82. The maximum Gasteiger partial charge on any atom is 0.430 e. The van der Waals surface area contributed by atoms with E-state index >= 15 is 0 Å². The zero-order valence-corrected chi connectivity index (χ0v) is 24.8. The van der Waals surface area contributed by atoms with Crippen LogP contribution in [0.3, 0.4) is 0 Å². The molecule has 1 aromatic carbocycles. The summed E-state index contributed by atoms with van der Waals surface area (Å²) < 4.78 is 37.6. The number of piperidine rings is 1. The van der Waals surface area contributed by atoms with Crippen LogP contribution in [0.2, 0.25) is 0 Å². The van der Waals surface area contributed by atoms with E-state index in [0.29, 0.717) is 30.4 Å². The van der Waals surface area contributed by atoms with Crippen LogP contribution in [0.1, 0.15) is 79.8 Å². The van der Waals surface area contributed by atoms with Crippen molar-refractivity contribution >= 4 is 11.9 Å². The molecule has 0 bridgehead atoms. The minimum Gasteiger partial charge on any atom is -0.542 e. The number of H-pyrrole nitrogens is 1. The van der Waals surface area contributed by atoms with Gasteiger partial charge in [0.15, 0.2) is 5.69 Å². The number of quaternary nitrogens is 1. The third-order valence-electron chi connectivity index (χ3n) is 10.1. The third kappa shape index (κ3) is 6.90. The number of carbonyl (C=O) groups is 2. The largest absolute Gasteiger partial charge is 0.542 e. The number of aliphatic carboxylic acids is 1. The maximum atomic E-state index is 14.6. The first kappa shape index (κ1) is 31.4. The number of pyridine rings is 1. The first-order chi connectivity index (χ1) is 20.6. The molecule has 1 amide bonds. The molecular weight excluding hydrogens is 559 g/mol. The summed E-state index contributed by atoms with van der Waals surface area (Å²) in [7, 11) is 0. The number of benzene rings is 1. The first-order valence-corrected chi connectivity index (χ1v) is 15.7. The van der Waals surface area contributed by atoms with Crippen LogP contribution in [0, 0.1) is 18.8 Å². The lowest BCUT2D eigenvalue weighted by atomic mass is 9.68. The highest BCUT2D eigenvalue weighted by Crippen LogP contribution is 2.44. The smallest absolute Gasteiger partial charge is 0.430 e. The summed E-state index contributed by atoms with van der Waals surface area (Å²) in [5, 5.41) is 11.2. The van der Waals surface area contributed by atoms with E-state index in [1.165, 1.54) is 48.9 Å². The van der Waals surface area contributed by atoms with Gasteiger partial charge in [0.05, 0.1) is 18.5 Å². The molecule has 1 aromatic heterocycles. The highest BCUT2D eigenvalue weighted by Gasteiger charge is 2.56. The summed E-state index contributed by atoms with van der Waals surface area (Å²) in [5.74, 6) is -1.35. The van der Waals surface area contributed by atoms with Crippen molar-refractivity contribution in [3.05, 3.63) is 65.0 Å². The molecule has 3 fully saturated rings. The van der Waals surface area contributed by atoms with Crippen molar-refractivity contribution in [2.75, 3.05) is 26.2 Å². The predicted molar refractivity (Wildman–Crippen MR) is 150 cm³/mol. The molecular formula is C33H43F3N3O4+. The van der Waals surface area contributed by atoms with Gasteiger partial charge in [-0.1, -0.05) is 49.6 Å². The summed E-state index contributed by atoms with van der Waals surface area (Å²) in [6, 6.07) is 15.9. The van der Waals surface area contributed by atoms with Crippen molar-refractivity contribution in [3.63, 3.8) is 0 Å². The summed E-state index contributed by atoms with van der Waals surface area (Å²) >= 11 is 0. The standard InChI is InChI=1S/C31H41N3O2.C2HF3O2/c1-22-12-13-26-28(33-22)20-36-17-15-31(26)21-32-19-27(31)30(35)34-16-14-25(23-8-4-2-5-9-23)18-29(34)24-10-6-3-7-11-24;3-2(4,5)1(6)7/h2,4-5,8-9,12-13,24-25,27,29,32H,3,6-7,10-11,14-21H2,1H3;(H,6,7)/p+1/t25-,27+,29+,31+;/m1./s1. The van der Waals surface area contributed by atoms with Crippen molar-refractivity contribution in [1.29, 1.82) is 0 Å². The summed E-state index contributed by atoms with van der Waals surface area (Å²) in [5.41, 5.74) is 4.97. The van der Waals surface area contributed by atoms with Crippen molar-refractivity contribution in [2.45, 2.75) is 88.4 Å². The van der Waals surface area contributed by atoms with Crippen LogP contribution >= 0.6 is 0 Å². The highest BCUT2D eigenvalue weighted by atomic mass is 19.4. The zero-order chi connectivity index (χ0) is 30.6. The van der Waals surface area contributed by atoms with Crippen LogP contribution in [0.4, 0.5) is 13.2 Å². The van der Waals surface area contributed by atoms with E-state index in [9.17, 15) is 18.0 Å².